The van der Waals surface area contributed by atoms with Gasteiger partial charge >= 0.3 is 0 Å². The van der Waals surface area contributed by atoms with E-state index in [0.717, 1.165) is 11.8 Å². The van der Waals surface area contributed by atoms with Gasteiger partial charge in [0.25, 0.3) is 5.91 Å². The van der Waals surface area contributed by atoms with E-state index in [1.165, 1.54) is 19.4 Å². The number of thiocarbonyl (C=S) groups is 1. The highest BCUT2D eigenvalue weighted by atomic mass is 32.2. The van der Waals surface area contributed by atoms with Gasteiger partial charge in [-0.25, -0.2) is 0 Å². The van der Waals surface area contributed by atoms with Gasteiger partial charge in [0, 0.05) is 6.07 Å². The van der Waals surface area contributed by atoms with Gasteiger partial charge in [0.05, 0.1) is 23.0 Å². The second-order valence-electron chi connectivity index (χ2n) is 4.23. The number of hydrogen-bond acceptors (Lipinski definition) is 6. The van der Waals surface area contributed by atoms with Gasteiger partial charge in [-0.1, -0.05) is 24.0 Å². The smallest absolute Gasteiger partial charge is 0.263 e. The van der Waals surface area contributed by atoms with E-state index < -0.39 is 0 Å². The minimum absolute atomic E-state index is 0.211. The van der Waals surface area contributed by atoms with Crippen molar-refractivity contribution >= 4 is 51.3 Å². The lowest BCUT2D eigenvalue weighted by molar-refractivity contribution is -0.115. The highest BCUT2D eigenvalue weighted by molar-refractivity contribution is 8.26. The van der Waals surface area contributed by atoms with Crippen LogP contribution in [0.2, 0.25) is 0 Å². The fourth-order valence-electron chi connectivity index (χ4n) is 1.91. The van der Waals surface area contributed by atoms with E-state index in [1.807, 2.05) is 0 Å². The first-order valence-electron chi connectivity index (χ1n) is 5.93. The summed E-state index contributed by atoms with van der Waals surface area (Å²) in [5.41, 5.74) is 0.521. The maximum atomic E-state index is 12.4. The van der Waals surface area contributed by atoms with Gasteiger partial charge in [0.2, 0.25) is 0 Å². The summed E-state index contributed by atoms with van der Waals surface area (Å²) in [4.78, 5) is 24.4. The molecule has 1 aromatic carbocycles. The molecular formula is C14H9NO4S2. The van der Waals surface area contributed by atoms with Gasteiger partial charge < -0.3 is 14.5 Å². The highest BCUT2D eigenvalue weighted by Gasteiger charge is 2.22. The van der Waals surface area contributed by atoms with E-state index >= 15 is 0 Å². The molecule has 2 heterocycles. The molecule has 0 atom stereocenters. The van der Waals surface area contributed by atoms with Crippen LogP contribution in [0.4, 0.5) is 0 Å². The lowest BCUT2D eigenvalue weighted by atomic mass is 10.1. The predicted octanol–water partition coefficient (Wildman–Crippen LogP) is 2.29. The predicted molar refractivity (Wildman–Crippen MR) is 85.3 cm³/mol. The van der Waals surface area contributed by atoms with Crippen LogP contribution in [-0.4, -0.2) is 17.3 Å². The van der Waals surface area contributed by atoms with Crippen LogP contribution in [0.25, 0.3) is 17.0 Å². The number of nitrogens with one attached hydrogen (secondary N) is 1. The average Bonchev–Trinajstić information content (AvgIpc) is 2.79. The van der Waals surface area contributed by atoms with E-state index in [4.69, 9.17) is 21.4 Å². The minimum Gasteiger partial charge on any atom is -0.497 e. The molecule has 1 aromatic heterocycles. The van der Waals surface area contributed by atoms with Crippen LogP contribution in [0.1, 0.15) is 5.56 Å². The Balaban J connectivity index is 2.11. The van der Waals surface area contributed by atoms with Crippen LogP contribution in [0, 0.1) is 0 Å². The Morgan fingerprint density at radius 2 is 2.19 bits per heavy atom. The molecule has 106 valence electrons. The summed E-state index contributed by atoms with van der Waals surface area (Å²) >= 11 is 6.02. The Kier molecular flexibility index (Phi) is 3.52. The van der Waals surface area contributed by atoms with Crippen molar-refractivity contribution in [2.75, 3.05) is 7.11 Å². The SMILES string of the molecule is COc1ccc2c(=O)c(C=C3SC(=S)NC3=O)coc2c1. The Morgan fingerprint density at radius 3 is 2.86 bits per heavy atom. The number of benzene rings is 1. The summed E-state index contributed by atoms with van der Waals surface area (Å²) in [5.74, 6) is 0.298. The molecule has 0 saturated carbocycles. The minimum atomic E-state index is -0.306. The topological polar surface area (TPSA) is 68.5 Å². The third-order valence-corrected chi connectivity index (χ3v) is 4.10. The lowest BCUT2D eigenvalue weighted by Crippen LogP contribution is -2.17. The Bertz CT molecular complexity index is 854. The molecule has 5 nitrogen and oxygen atoms in total. The fourth-order valence-corrected chi connectivity index (χ4v) is 2.95. The molecule has 3 rings (SSSR count). The summed E-state index contributed by atoms with van der Waals surface area (Å²) in [6.45, 7) is 0. The molecule has 1 aliphatic rings. The molecule has 1 N–H and O–H groups in total. The summed E-state index contributed by atoms with van der Waals surface area (Å²) in [6, 6.07) is 4.96. The number of carbonyl (C=O) groups excluding carboxylic acids is 1. The van der Waals surface area contributed by atoms with Gasteiger partial charge in [0.1, 0.15) is 21.9 Å². The normalized spacial score (nSPS) is 16.5. The molecular weight excluding hydrogens is 310 g/mol. The maximum absolute atomic E-state index is 12.4. The number of amides is 1. The average molecular weight is 319 g/mol. The zero-order chi connectivity index (χ0) is 15.0. The number of carbonyl (C=O) groups is 1. The van der Waals surface area contributed by atoms with E-state index in [2.05, 4.69) is 5.32 Å². The second kappa shape index (κ2) is 5.34. The van der Waals surface area contributed by atoms with Gasteiger partial charge in [-0.05, 0) is 18.2 Å². The van der Waals surface area contributed by atoms with Crippen molar-refractivity contribution in [2.45, 2.75) is 0 Å². The van der Waals surface area contributed by atoms with E-state index in [1.54, 1.807) is 18.2 Å². The highest BCUT2D eigenvalue weighted by Crippen LogP contribution is 2.26. The number of rotatable bonds is 2. The number of ether oxygens (including phenoxy) is 1. The quantitative estimate of drug-likeness (QED) is 0.676. The second-order valence-corrected chi connectivity index (χ2v) is 5.95. The molecule has 2 aromatic rings. The number of fused-ring (bicyclic) bond motifs is 1. The number of hydrogen-bond donors (Lipinski definition) is 1. The molecule has 0 aliphatic carbocycles. The van der Waals surface area contributed by atoms with Crippen LogP contribution in [0.15, 0.2) is 38.6 Å². The van der Waals surface area contributed by atoms with E-state index in [9.17, 15) is 9.59 Å². The number of thioether (sulfide) groups is 1. The van der Waals surface area contributed by atoms with Crippen molar-refractivity contribution in [1.82, 2.24) is 5.32 Å². The molecule has 0 radical (unpaired) electrons. The monoisotopic (exact) mass is 319 g/mol. The summed E-state index contributed by atoms with van der Waals surface area (Å²) in [5, 5.41) is 2.92. The third-order valence-electron chi connectivity index (χ3n) is 2.94. The van der Waals surface area contributed by atoms with Crippen LogP contribution in [0.5, 0.6) is 5.75 Å². The van der Waals surface area contributed by atoms with Crippen molar-refractivity contribution < 1.29 is 13.9 Å². The van der Waals surface area contributed by atoms with Crippen molar-refractivity contribution in [3.8, 4) is 5.75 Å². The van der Waals surface area contributed by atoms with E-state index in [0.29, 0.717) is 31.5 Å². The first-order valence-corrected chi connectivity index (χ1v) is 7.15. The molecule has 7 heteroatoms. The Labute approximate surface area is 129 Å². The van der Waals surface area contributed by atoms with Crippen LogP contribution in [-0.2, 0) is 4.79 Å². The molecule has 0 spiro atoms. The van der Waals surface area contributed by atoms with Crippen molar-refractivity contribution in [3.05, 3.63) is 45.2 Å². The molecule has 1 amide bonds. The number of methoxy groups -OCH3 is 1. The van der Waals surface area contributed by atoms with Crippen molar-refractivity contribution in [2.24, 2.45) is 0 Å². The van der Waals surface area contributed by atoms with Crippen molar-refractivity contribution in [1.29, 1.82) is 0 Å². The largest absolute Gasteiger partial charge is 0.497 e. The van der Waals surface area contributed by atoms with Gasteiger partial charge in [-0.15, -0.1) is 0 Å². The van der Waals surface area contributed by atoms with Crippen LogP contribution >= 0.6 is 24.0 Å². The first kappa shape index (κ1) is 13.8. The van der Waals surface area contributed by atoms with Gasteiger partial charge in [-0.2, -0.15) is 0 Å². The zero-order valence-corrected chi connectivity index (χ0v) is 12.5. The summed E-state index contributed by atoms with van der Waals surface area (Å²) in [6.07, 6.45) is 2.81. The van der Waals surface area contributed by atoms with Crippen LogP contribution in [0.3, 0.4) is 0 Å². The van der Waals surface area contributed by atoms with Gasteiger partial charge in [0.15, 0.2) is 5.43 Å². The van der Waals surface area contributed by atoms with E-state index in [-0.39, 0.29) is 11.3 Å². The van der Waals surface area contributed by atoms with Gasteiger partial charge in [-0.3, -0.25) is 9.59 Å². The fraction of sp³-hybridized carbons (Fsp3) is 0.0714. The zero-order valence-electron chi connectivity index (χ0n) is 10.8. The molecule has 1 saturated heterocycles. The molecule has 1 fully saturated rings. The lowest BCUT2D eigenvalue weighted by Gasteiger charge is -2.02. The molecule has 1 aliphatic heterocycles. The summed E-state index contributed by atoms with van der Waals surface area (Å²) in [7, 11) is 1.54. The molecule has 0 bridgehead atoms. The standard InChI is InChI=1S/C14H9NO4S2/c1-18-8-2-3-9-10(5-8)19-6-7(12(9)16)4-11-13(17)15-14(20)21-11/h2-6H,1H3,(H,15,17,20). The molecule has 21 heavy (non-hydrogen) atoms. The Morgan fingerprint density at radius 1 is 1.38 bits per heavy atom. The summed E-state index contributed by atoms with van der Waals surface area (Å²) < 4.78 is 10.9. The Hall–Kier alpha value is -2.12. The van der Waals surface area contributed by atoms with Crippen LogP contribution < -0.4 is 15.5 Å². The third kappa shape index (κ3) is 2.57. The van der Waals surface area contributed by atoms with Crippen molar-refractivity contribution in [3.63, 3.8) is 0 Å². The first-order chi connectivity index (χ1) is 10.1. The molecule has 0 unspecified atom stereocenters. The maximum Gasteiger partial charge on any atom is 0.263 e.